The zero-order valence-electron chi connectivity index (χ0n) is 19.7. The summed E-state index contributed by atoms with van der Waals surface area (Å²) in [4.78, 5) is 0. The Morgan fingerprint density at radius 2 is 1.05 bits per heavy atom. The summed E-state index contributed by atoms with van der Waals surface area (Å²) in [6.07, 6.45) is 0. The first-order valence-electron chi connectivity index (χ1n) is 12.6. The fraction of sp³-hybridized carbons (Fsp3) is 0. The largest absolute Gasteiger partial charge is 0.309 e. The maximum atomic E-state index is 3.82. The highest BCUT2D eigenvalue weighted by atomic mass is 79.9. The molecule has 37 heavy (non-hydrogen) atoms. The molecule has 2 nitrogen and oxygen atoms in total. The molecule has 0 fully saturated rings. The Kier molecular flexibility index (Phi) is 3.69. The van der Waals surface area contributed by atoms with E-state index in [-0.39, 0.29) is 0 Å². The van der Waals surface area contributed by atoms with Gasteiger partial charge >= 0.3 is 0 Å². The van der Waals surface area contributed by atoms with Crippen molar-refractivity contribution in [3.8, 4) is 5.69 Å². The van der Waals surface area contributed by atoms with E-state index in [1.807, 2.05) is 0 Å². The number of benzene rings is 6. The number of pyridine rings is 1. The summed E-state index contributed by atoms with van der Waals surface area (Å²) >= 11 is 3.82. The van der Waals surface area contributed by atoms with Gasteiger partial charge in [0.15, 0.2) is 0 Å². The fourth-order valence-corrected chi connectivity index (χ4v) is 7.15. The molecule has 0 unspecified atom stereocenters. The Hall–Kier alpha value is -4.34. The number of hydrogen-bond donors (Lipinski definition) is 0. The van der Waals surface area contributed by atoms with E-state index in [1.165, 1.54) is 76.4 Å². The van der Waals surface area contributed by atoms with Gasteiger partial charge in [-0.25, -0.2) is 0 Å². The first-order chi connectivity index (χ1) is 18.3. The molecule has 0 saturated carbocycles. The van der Waals surface area contributed by atoms with Crippen molar-refractivity contribution in [2.24, 2.45) is 0 Å². The van der Waals surface area contributed by atoms with Crippen LogP contribution in [0.4, 0.5) is 0 Å². The molecule has 9 aromatic rings. The SMILES string of the molecule is Brc1cc2c3cccc4c5c6ccccc6n(-c6ccccc6)c5cc(c34)n3c4ccccc4c(c1)c23. The molecule has 0 N–H and O–H groups in total. The molecule has 9 rings (SSSR count). The van der Waals surface area contributed by atoms with Crippen molar-refractivity contribution in [3.63, 3.8) is 0 Å². The van der Waals surface area contributed by atoms with Gasteiger partial charge in [0.1, 0.15) is 0 Å². The number of fused-ring (bicyclic) bond motifs is 9. The van der Waals surface area contributed by atoms with E-state index in [1.54, 1.807) is 0 Å². The van der Waals surface area contributed by atoms with E-state index in [0.29, 0.717) is 0 Å². The lowest BCUT2D eigenvalue weighted by Crippen LogP contribution is -1.96. The molecule has 3 heteroatoms. The van der Waals surface area contributed by atoms with Crippen LogP contribution in [0.5, 0.6) is 0 Å². The van der Waals surface area contributed by atoms with Gasteiger partial charge in [-0.2, -0.15) is 0 Å². The minimum absolute atomic E-state index is 1.11. The quantitative estimate of drug-likeness (QED) is 0.146. The lowest BCUT2D eigenvalue weighted by molar-refractivity contribution is 1.18. The molecule has 0 bridgehead atoms. The van der Waals surface area contributed by atoms with E-state index < -0.39 is 0 Å². The minimum Gasteiger partial charge on any atom is -0.309 e. The summed E-state index contributed by atoms with van der Waals surface area (Å²) < 4.78 is 6.03. The van der Waals surface area contributed by atoms with Crippen molar-refractivity contribution in [2.45, 2.75) is 0 Å². The van der Waals surface area contributed by atoms with Gasteiger partial charge in [0.25, 0.3) is 0 Å². The van der Waals surface area contributed by atoms with E-state index >= 15 is 0 Å². The Morgan fingerprint density at radius 1 is 0.432 bits per heavy atom. The van der Waals surface area contributed by atoms with E-state index in [2.05, 4.69) is 140 Å². The minimum atomic E-state index is 1.11. The fourth-order valence-electron chi connectivity index (χ4n) is 6.69. The second-order valence-electron chi connectivity index (χ2n) is 9.91. The predicted octanol–water partition coefficient (Wildman–Crippen LogP) is 9.85. The molecule has 172 valence electrons. The third-order valence-corrected chi connectivity index (χ3v) is 8.51. The smallest absolute Gasteiger partial charge is 0.0620 e. The zero-order chi connectivity index (χ0) is 24.2. The van der Waals surface area contributed by atoms with E-state index in [4.69, 9.17) is 0 Å². The molecule has 0 amide bonds. The molecular formula is C34H19BrN2. The van der Waals surface area contributed by atoms with Crippen LogP contribution in [0.1, 0.15) is 0 Å². The van der Waals surface area contributed by atoms with Crippen LogP contribution in [0, 0.1) is 0 Å². The molecule has 0 aliphatic rings. The van der Waals surface area contributed by atoms with Crippen LogP contribution in [0.2, 0.25) is 0 Å². The van der Waals surface area contributed by atoms with Gasteiger partial charge in [-0.05, 0) is 53.2 Å². The van der Waals surface area contributed by atoms with E-state index in [0.717, 1.165) is 4.47 Å². The standard InChI is InChI=1S/C34H19BrN2/c35-20-17-26-22-11-4-6-15-28(22)37-31-19-30-33(25-14-8-13-23(32(25)31)27(18-20)34(26)37)24-12-5-7-16-29(24)36(30)21-9-2-1-3-10-21/h1-19H. The maximum absolute atomic E-state index is 3.82. The molecule has 0 aliphatic heterocycles. The lowest BCUT2D eigenvalue weighted by atomic mass is 9.96. The number of halogens is 1. The van der Waals surface area contributed by atoms with Crippen LogP contribution < -0.4 is 0 Å². The average Bonchev–Trinajstić information content (AvgIpc) is 3.45. The number of nitrogens with zero attached hydrogens (tertiary/aromatic N) is 2. The van der Waals surface area contributed by atoms with Crippen LogP contribution >= 0.6 is 15.9 Å². The Labute approximate surface area is 220 Å². The summed E-state index contributed by atoms with van der Waals surface area (Å²) in [6.45, 7) is 0. The van der Waals surface area contributed by atoms with Crippen molar-refractivity contribution >= 4 is 86.6 Å². The van der Waals surface area contributed by atoms with Gasteiger partial charge in [-0.3, -0.25) is 0 Å². The highest BCUT2D eigenvalue weighted by Gasteiger charge is 2.22. The van der Waals surface area contributed by atoms with Crippen molar-refractivity contribution in [3.05, 3.63) is 120 Å². The van der Waals surface area contributed by atoms with Crippen LogP contribution in [0.15, 0.2) is 120 Å². The molecule has 0 spiro atoms. The lowest BCUT2D eigenvalue weighted by Gasteiger charge is -2.15. The summed E-state index contributed by atoms with van der Waals surface area (Å²) in [5.41, 5.74) is 7.42. The Morgan fingerprint density at radius 3 is 1.89 bits per heavy atom. The molecule has 3 heterocycles. The first-order valence-corrected chi connectivity index (χ1v) is 13.4. The summed E-state index contributed by atoms with van der Waals surface area (Å²) in [7, 11) is 0. The summed E-state index contributed by atoms with van der Waals surface area (Å²) in [6, 6.07) is 42.1. The number of aromatic nitrogens is 2. The zero-order valence-corrected chi connectivity index (χ0v) is 21.3. The number of rotatable bonds is 1. The van der Waals surface area contributed by atoms with Crippen molar-refractivity contribution in [1.82, 2.24) is 8.97 Å². The predicted molar refractivity (Wildman–Crippen MR) is 161 cm³/mol. The van der Waals surface area contributed by atoms with Crippen LogP contribution in [-0.4, -0.2) is 8.97 Å². The molecular weight excluding hydrogens is 516 g/mol. The first kappa shape index (κ1) is 19.8. The van der Waals surface area contributed by atoms with Gasteiger partial charge in [-0.1, -0.05) is 88.7 Å². The van der Waals surface area contributed by atoms with Gasteiger partial charge < -0.3 is 8.97 Å². The summed E-state index contributed by atoms with van der Waals surface area (Å²) in [5, 5.41) is 10.4. The third-order valence-electron chi connectivity index (χ3n) is 8.05. The third kappa shape index (κ3) is 2.40. The molecule has 6 aromatic carbocycles. The van der Waals surface area contributed by atoms with E-state index in [9.17, 15) is 0 Å². The van der Waals surface area contributed by atoms with Gasteiger partial charge in [0.05, 0.1) is 27.6 Å². The van der Waals surface area contributed by atoms with Crippen molar-refractivity contribution < 1.29 is 0 Å². The second-order valence-corrected chi connectivity index (χ2v) is 10.8. The van der Waals surface area contributed by atoms with Crippen LogP contribution in [0.3, 0.4) is 0 Å². The van der Waals surface area contributed by atoms with Gasteiger partial charge in [0, 0.05) is 42.5 Å². The molecule has 0 radical (unpaired) electrons. The molecule has 3 aromatic heterocycles. The Balaban J connectivity index is 1.66. The van der Waals surface area contributed by atoms with Gasteiger partial charge in [0.2, 0.25) is 0 Å². The number of hydrogen-bond acceptors (Lipinski definition) is 0. The monoisotopic (exact) mass is 534 g/mol. The highest BCUT2D eigenvalue weighted by molar-refractivity contribution is 9.10. The number of para-hydroxylation sites is 3. The average molecular weight is 535 g/mol. The Bertz CT molecular complexity index is 2360. The van der Waals surface area contributed by atoms with Crippen LogP contribution in [-0.2, 0) is 0 Å². The molecule has 0 atom stereocenters. The molecule has 0 aliphatic carbocycles. The topological polar surface area (TPSA) is 9.34 Å². The normalized spacial score (nSPS) is 12.5. The van der Waals surface area contributed by atoms with Crippen molar-refractivity contribution in [2.75, 3.05) is 0 Å². The maximum Gasteiger partial charge on any atom is 0.0620 e. The second kappa shape index (κ2) is 6.90. The van der Waals surface area contributed by atoms with Gasteiger partial charge in [-0.15, -0.1) is 0 Å². The molecule has 0 saturated heterocycles. The summed E-state index contributed by atoms with van der Waals surface area (Å²) in [5.74, 6) is 0. The highest BCUT2D eigenvalue weighted by Crippen LogP contribution is 2.45. The van der Waals surface area contributed by atoms with Crippen molar-refractivity contribution in [1.29, 1.82) is 0 Å². The van der Waals surface area contributed by atoms with Crippen LogP contribution in [0.25, 0.3) is 76.4 Å².